The zero-order chi connectivity index (χ0) is 39.7. The second kappa shape index (κ2) is 21.4. The Kier molecular flexibility index (Phi) is 17.4. The van der Waals surface area contributed by atoms with Crippen LogP contribution >= 0.6 is 23.2 Å². The van der Waals surface area contributed by atoms with Crippen LogP contribution in [0, 0.1) is 25.7 Å². The summed E-state index contributed by atoms with van der Waals surface area (Å²) in [6, 6.07) is 26.5. The van der Waals surface area contributed by atoms with Crippen LogP contribution in [0.4, 0.5) is 0 Å². The van der Waals surface area contributed by atoms with Gasteiger partial charge in [-0.1, -0.05) is 94.7 Å². The Morgan fingerprint density at radius 3 is 1.54 bits per heavy atom. The largest absolute Gasteiger partial charge is 0.480 e. The van der Waals surface area contributed by atoms with E-state index in [1.54, 1.807) is 66.7 Å². The second-order valence-electron chi connectivity index (χ2n) is 11.8. The molecule has 0 fully saturated rings. The van der Waals surface area contributed by atoms with Gasteiger partial charge >= 0.3 is 11.9 Å². The van der Waals surface area contributed by atoms with Gasteiger partial charge in [-0.2, -0.15) is 0 Å². The summed E-state index contributed by atoms with van der Waals surface area (Å²) < 4.78 is 60.8. The number of carboxylic acid groups (broad SMARTS) is 2. The standard InChI is InChI=1S/C20H21ClO5S.C20H19ClO5S/c2*1-15-4-10-18(11-5-15)27(24,25)19(20(22)23)12-14-26-13-2-3-16-6-8-17(21)9-7-16/h2-11,19H,12-14H2,1H3,(H,22,23);4-11,19H,12-14H2,1H3,(H,22,23). The number of benzene rings is 4. The molecule has 10 nitrogen and oxygen atoms in total. The summed E-state index contributed by atoms with van der Waals surface area (Å²) in [6.07, 6.45) is 3.33. The van der Waals surface area contributed by atoms with Crippen molar-refractivity contribution in [1.29, 1.82) is 0 Å². The van der Waals surface area contributed by atoms with Gasteiger partial charge in [-0.3, -0.25) is 9.59 Å². The number of carbonyl (C=O) groups is 2. The van der Waals surface area contributed by atoms with Crippen molar-refractivity contribution in [2.24, 2.45) is 0 Å². The number of sulfone groups is 2. The molecular formula is C40H40Cl2O10S2. The van der Waals surface area contributed by atoms with Gasteiger partial charge in [0.2, 0.25) is 0 Å². The maximum atomic E-state index is 12.6. The van der Waals surface area contributed by atoms with E-state index >= 15 is 0 Å². The van der Waals surface area contributed by atoms with E-state index in [-0.39, 0.29) is 49.1 Å². The topological polar surface area (TPSA) is 161 Å². The molecule has 0 spiro atoms. The maximum absolute atomic E-state index is 12.6. The van der Waals surface area contributed by atoms with Gasteiger partial charge in [-0.05, 0) is 92.9 Å². The van der Waals surface area contributed by atoms with E-state index in [0.29, 0.717) is 10.0 Å². The number of ether oxygens (including phenoxy) is 2. The van der Waals surface area contributed by atoms with E-state index in [4.69, 9.17) is 32.7 Å². The molecule has 14 heteroatoms. The average Bonchev–Trinajstić information content (AvgIpc) is 3.12. The van der Waals surface area contributed by atoms with Gasteiger partial charge < -0.3 is 19.7 Å². The van der Waals surface area contributed by atoms with Crippen LogP contribution in [0.15, 0.2) is 113 Å². The summed E-state index contributed by atoms with van der Waals surface area (Å²) >= 11 is 11.6. The van der Waals surface area contributed by atoms with Gasteiger partial charge in [0.05, 0.1) is 16.4 Å². The van der Waals surface area contributed by atoms with Crippen molar-refractivity contribution < 1.29 is 46.1 Å². The predicted molar refractivity (Wildman–Crippen MR) is 209 cm³/mol. The third-order valence-corrected chi connectivity index (χ3v) is 12.4. The second-order valence-corrected chi connectivity index (χ2v) is 17.0. The van der Waals surface area contributed by atoms with Crippen LogP contribution < -0.4 is 0 Å². The van der Waals surface area contributed by atoms with Crippen LogP contribution in [0.2, 0.25) is 10.0 Å². The first-order valence-electron chi connectivity index (χ1n) is 16.5. The first-order chi connectivity index (χ1) is 25.6. The summed E-state index contributed by atoms with van der Waals surface area (Å²) in [6.45, 7) is 3.96. The number of rotatable bonds is 16. The van der Waals surface area contributed by atoms with Gasteiger partial charge in [0, 0.05) is 28.8 Å². The van der Waals surface area contributed by atoms with E-state index in [1.165, 1.54) is 24.3 Å². The van der Waals surface area contributed by atoms with Gasteiger partial charge in [0.15, 0.2) is 30.2 Å². The van der Waals surface area contributed by atoms with Gasteiger partial charge in [0.25, 0.3) is 0 Å². The molecule has 0 bridgehead atoms. The monoisotopic (exact) mass is 814 g/mol. The Bertz CT molecular complexity index is 2140. The lowest BCUT2D eigenvalue weighted by atomic mass is 10.2. The molecule has 4 aromatic carbocycles. The minimum Gasteiger partial charge on any atom is -0.480 e. The minimum atomic E-state index is -3.98. The quantitative estimate of drug-likeness (QED) is 0.0866. The Hall–Kier alpha value is -4.48. The highest BCUT2D eigenvalue weighted by Crippen LogP contribution is 2.21. The number of hydrogen-bond donors (Lipinski definition) is 2. The zero-order valence-corrected chi connectivity index (χ0v) is 32.7. The van der Waals surface area contributed by atoms with Crippen molar-refractivity contribution in [2.45, 2.75) is 47.0 Å². The molecule has 54 heavy (non-hydrogen) atoms. The molecule has 2 N–H and O–H groups in total. The Morgan fingerprint density at radius 2 is 1.09 bits per heavy atom. The van der Waals surface area contributed by atoms with Crippen molar-refractivity contribution in [1.82, 2.24) is 0 Å². The molecule has 4 aromatic rings. The van der Waals surface area contributed by atoms with E-state index in [1.807, 2.05) is 32.1 Å². The number of carboxylic acids is 2. The van der Waals surface area contributed by atoms with Gasteiger partial charge in [-0.15, -0.1) is 0 Å². The third kappa shape index (κ3) is 14.1. The van der Waals surface area contributed by atoms with Gasteiger partial charge in [0.1, 0.15) is 6.61 Å². The molecule has 0 aliphatic carbocycles. The molecule has 0 radical (unpaired) electrons. The summed E-state index contributed by atoms with van der Waals surface area (Å²) in [7, 11) is -7.95. The molecule has 286 valence electrons. The lowest BCUT2D eigenvalue weighted by Crippen LogP contribution is -2.31. The minimum absolute atomic E-state index is 0.00290. The number of hydrogen-bond acceptors (Lipinski definition) is 8. The van der Waals surface area contributed by atoms with E-state index in [2.05, 4.69) is 11.8 Å². The van der Waals surface area contributed by atoms with Crippen LogP contribution in [0.3, 0.4) is 0 Å². The molecule has 0 saturated heterocycles. The van der Waals surface area contributed by atoms with Gasteiger partial charge in [-0.25, -0.2) is 16.8 Å². The van der Waals surface area contributed by atoms with Crippen molar-refractivity contribution in [3.8, 4) is 11.8 Å². The maximum Gasteiger partial charge on any atom is 0.322 e. The lowest BCUT2D eigenvalue weighted by molar-refractivity contribution is -0.137. The number of aliphatic carboxylic acids is 2. The van der Waals surface area contributed by atoms with E-state index in [9.17, 15) is 36.6 Å². The van der Waals surface area contributed by atoms with Crippen molar-refractivity contribution in [2.75, 3.05) is 26.4 Å². The Morgan fingerprint density at radius 1 is 0.667 bits per heavy atom. The molecule has 0 aliphatic rings. The summed E-state index contributed by atoms with van der Waals surface area (Å²) in [5, 5.41) is 16.8. The molecule has 0 heterocycles. The van der Waals surface area contributed by atoms with E-state index < -0.39 is 42.1 Å². The smallest absolute Gasteiger partial charge is 0.322 e. The summed E-state index contributed by atoms with van der Waals surface area (Å²) in [5.41, 5.74) is 3.52. The van der Waals surface area contributed by atoms with Crippen LogP contribution in [0.25, 0.3) is 6.08 Å². The fourth-order valence-corrected chi connectivity index (χ4v) is 7.98. The molecule has 2 unspecified atom stereocenters. The highest BCUT2D eigenvalue weighted by atomic mass is 35.5. The van der Waals surface area contributed by atoms with Crippen LogP contribution in [-0.2, 0) is 38.7 Å². The first-order valence-corrected chi connectivity index (χ1v) is 20.3. The normalized spacial score (nSPS) is 12.5. The molecular weight excluding hydrogens is 775 g/mol. The summed E-state index contributed by atoms with van der Waals surface area (Å²) in [5.74, 6) is 2.89. The molecule has 0 amide bonds. The SMILES string of the molecule is Cc1ccc(S(=O)(=O)C(CCOCC#Cc2ccc(Cl)cc2)C(=O)O)cc1.Cc1ccc(S(=O)(=O)C(CCOCC=Cc2ccc(Cl)cc2)C(=O)O)cc1. The van der Waals surface area contributed by atoms with E-state index in [0.717, 1.165) is 22.3 Å². The predicted octanol–water partition coefficient (Wildman–Crippen LogP) is 7.33. The third-order valence-electron chi connectivity index (χ3n) is 7.69. The highest BCUT2D eigenvalue weighted by Gasteiger charge is 2.34. The molecule has 0 saturated carbocycles. The fraction of sp³-hybridized carbons (Fsp3) is 0.250. The van der Waals surface area contributed by atoms with Crippen molar-refractivity contribution in [3.63, 3.8) is 0 Å². The number of aryl methyl sites for hydroxylation is 2. The highest BCUT2D eigenvalue weighted by molar-refractivity contribution is 7.93. The van der Waals surface area contributed by atoms with Crippen LogP contribution in [0.5, 0.6) is 0 Å². The molecule has 4 rings (SSSR count). The van der Waals surface area contributed by atoms with Crippen LogP contribution in [-0.4, -0.2) is 75.9 Å². The Labute approximate surface area is 326 Å². The van der Waals surface area contributed by atoms with Crippen LogP contribution in [0.1, 0.15) is 35.1 Å². The first kappa shape index (κ1) is 43.9. The Balaban J connectivity index is 0.000000290. The molecule has 0 aliphatic heterocycles. The summed E-state index contributed by atoms with van der Waals surface area (Å²) in [4.78, 5) is 22.9. The van der Waals surface area contributed by atoms with Crippen molar-refractivity contribution >= 4 is 60.9 Å². The zero-order valence-electron chi connectivity index (χ0n) is 29.5. The lowest BCUT2D eigenvalue weighted by Gasteiger charge is -2.13. The van der Waals surface area contributed by atoms with Crippen molar-refractivity contribution in [3.05, 3.63) is 135 Å². The average molecular weight is 816 g/mol. The molecule has 2 atom stereocenters. The molecule has 0 aromatic heterocycles. The number of halogens is 2. The fourth-order valence-electron chi connectivity index (χ4n) is 4.69.